The Hall–Kier alpha value is -0.580. The fourth-order valence-corrected chi connectivity index (χ4v) is 4.25. The molecule has 120 valence electrons. The number of thiophene rings is 1. The summed E-state index contributed by atoms with van der Waals surface area (Å²) in [6.07, 6.45) is 3.18. The Morgan fingerprint density at radius 1 is 1.24 bits per heavy atom. The third-order valence-corrected chi connectivity index (χ3v) is 5.51. The zero-order chi connectivity index (χ0) is 15.7. The van der Waals surface area contributed by atoms with Gasteiger partial charge in [-0.25, -0.2) is 0 Å². The normalized spacial score (nSPS) is 23.0. The van der Waals surface area contributed by atoms with Crippen LogP contribution in [0, 0.1) is 6.92 Å². The monoisotopic (exact) mass is 311 g/mol. The van der Waals surface area contributed by atoms with E-state index < -0.39 is 6.10 Å². The van der Waals surface area contributed by atoms with Gasteiger partial charge in [0, 0.05) is 28.6 Å². The Kier molecular flexibility index (Phi) is 5.01. The number of ether oxygens (including phenoxy) is 1. The quantitative estimate of drug-likeness (QED) is 0.897. The summed E-state index contributed by atoms with van der Waals surface area (Å²) in [5, 5.41) is 14.5. The van der Waals surface area contributed by atoms with Crippen molar-refractivity contribution in [3.8, 4) is 5.75 Å². The van der Waals surface area contributed by atoms with Gasteiger partial charge in [0.15, 0.2) is 0 Å². The van der Waals surface area contributed by atoms with Gasteiger partial charge in [0.1, 0.15) is 18.5 Å². The molecule has 0 bridgehead atoms. The largest absolute Gasteiger partial charge is 0.490 e. The van der Waals surface area contributed by atoms with Crippen molar-refractivity contribution < 1.29 is 9.84 Å². The van der Waals surface area contributed by atoms with E-state index in [9.17, 15) is 5.11 Å². The third-order valence-electron chi connectivity index (χ3n) is 4.67. The first-order valence-corrected chi connectivity index (χ1v) is 8.78. The summed E-state index contributed by atoms with van der Waals surface area (Å²) in [6, 6.07) is 0. The molecule has 4 heteroatoms. The minimum absolute atomic E-state index is 0.140. The van der Waals surface area contributed by atoms with Crippen molar-refractivity contribution in [1.82, 2.24) is 4.90 Å². The highest BCUT2D eigenvalue weighted by atomic mass is 32.1. The number of β-amino-alcohol motifs (C(OH)–C–C–N with tert-alkyl or cyclic N) is 1. The molecule has 1 fully saturated rings. The lowest BCUT2D eigenvalue weighted by atomic mass is 9.79. The molecule has 1 atom stereocenters. The fourth-order valence-electron chi connectivity index (χ4n) is 3.48. The van der Waals surface area contributed by atoms with Crippen molar-refractivity contribution in [3.05, 3.63) is 16.3 Å². The third kappa shape index (κ3) is 3.99. The van der Waals surface area contributed by atoms with Crippen LogP contribution in [0.3, 0.4) is 0 Å². The van der Waals surface area contributed by atoms with E-state index >= 15 is 0 Å². The Balaban J connectivity index is 1.94. The Morgan fingerprint density at radius 3 is 2.38 bits per heavy atom. The van der Waals surface area contributed by atoms with Crippen LogP contribution in [0.4, 0.5) is 0 Å². The first-order chi connectivity index (χ1) is 9.72. The standard InChI is InChI=1S/C17H29NO2S/c1-13-11-21-12-15(13)20-10-14(19)9-18-16(2,3)7-6-8-17(18,4)5/h11-12,14,19H,6-10H2,1-5H3. The smallest absolute Gasteiger partial charge is 0.133 e. The number of likely N-dealkylation sites (tertiary alicyclic amines) is 1. The molecule has 1 unspecified atom stereocenters. The number of aliphatic hydroxyl groups excluding tert-OH is 1. The predicted molar refractivity (Wildman–Crippen MR) is 89.3 cm³/mol. The minimum Gasteiger partial charge on any atom is -0.490 e. The molecule has 0 radical (unpaired) electrons. The maximum Gasteiger partial charge on any atom is 0.133 e. The number of hydrogen-bond donors (Lipinski definition) is 1. The number of hydrogen-bond acceptors (Lipinski definition) is 4. The molecule has 1 N–H and O–H groups in total. The lowest BCUT2D eigenvalue weighted by Crippen LogP contribution is -2.60. The SMILES string of the molecule is Cc1cscc1OCC(O)CN1C(C)(C)CCCC1(C)C. The summed E-state index contributed by atoms with van der Waals surface area (Å²) >= 11 is 1.64. The van der Waals surface area contributed by atoms with Crippen molar-refractivity contribution in [2.45, 2.75) is 71.1 Å². The van der Waals surface area contributed by atoms with Gasteiger partial charge in [-0.1, -0.05) is 0 Å². The van der Waals surface area contributed by atoms with Gasteiger partial charge in [-0.05, 0) is 59.3 Å². The molecule has 0 spiro atoms. The van der Waals surface area contributed by atoms with E-state index in [2.05, 4.69) is 38.0 Å². The van der Waals surface area contributed by atoms with Crippen molar-refractivity contribution in [2.24, 2.45) is 0 Å². The summed E-state index contributed by atoms with van der Waals surface area (Å²) in [5.74, 6) is 0.899. The van der Waals surface area contributed by atoms with Crippen molar-refractivity contribution >= 4 is 11.3 Å². The number of piperidine rings is 1. The summed E-state index contributed by atoms with van der Waals surface area (Å²) in [6.45, 7) is 12.2. The van der Waals surface area contributed by atoms with E-state index in [1.165, 1.54) is 19.3 Å². The van der Waals surface area contributed by atoms with Gasteiger partial charge in [0.25, 0.3) is 0 Å². The molecule has 2 heterocycles. The van der Waals surface area contributed by atoms with E-state index in [-0.39, 0.29) is 11.1 Å². The highest BCUT2D eigenvalue weighted by Gasteiger charge is 2.41. The zero-order valence-electron chi connectivity index (χ0n) is 14.0. The van der Waals surface area contributed by atoms with Crippen LogP contribution < -0.4 is 4.74 Å². The lowest BCUT2D eigenvalue weighted by molar-refractivity contribution is -0.0606. The summed E-state index contributed by atoms with van der Waals surface area (Å²) in [5.41, 5.74) is 1.42. The molecule has 1 saturated heterocycles. The fraction of sp³-hybridized carbons (Fsp3) is 0.765. The minimum atomic E-state index is -0.457. The van der Waals surface area contributed by atoms with Gasteiger partial charge in [-0.15, -0.1) is 11.3 Å². The van der Waals surface area contributed by atoms with Gasteiger partial charge in [0.2, 0.25) is 0 Å². The molecular formula is C17H29NO2S. The second-order valence-corrected chi connectivity index (χ2v) is 8.22. The van der Waals surface area contributed by atoms with E-state index in [4.69, 9.17) is 4.74 Å². The molecule has 21 heavy (non-hydrogen) atoms. The van der Waals surface area contributed by atoms with Crippen LogP contribution in [-0.4, -0.2) is 40.3 Å². The number of nitrogens with zero attached hydrogens (tertiary/aromatic N) is 1. The van der Waals surface area contributed by atoms with Crippen LogP contribution in [0.1, 0.15) is 52.5 Å². The Morgan fingerprint density at radius 2 is 1.86 bits per heavy atom. The molecule has 1 aliphatic heterocycles. The van der Waals surface area contributed by atoms with Gasteiger partial charge < -0.3 is 9.84 Å². The predicted octanol–water partition coefficient (Wildman–Crippen LogP) is 3.84. The van der Waals surface area contributed by atoms with Crippen LogP contribution in [-0.2, 0) is 0 Å². The highest BCUT2D eigenvalue weighted by molar-refractivity contribution is 7.08. The topological polar surface area (TPSA) is 32.7 Å². The van der Waals surface area contributed by atoms with Crippen LogP contribution >= 0.6 is 11.3 Å². The van der Waals surface area contributed by atoms with E-state index in [0.29, 0.717) is 13.2 Å². The van der Waals surface area contributed by atoms with Crippen LogP contribution in [0.15, 0.2) is 10.8 Å². The molecule has 0 aliphatic carbocycles. The maximum atomic E-state index is 10.4. The average Bonchev–Trinajstić information content (AvgIpc) is 2.77. The molecule has 1 aliphatic rings. The van der Waals surface area contributed by atoms with E-state index in [1.807, 2.05) is 12.3 Å². The van der Waals surface area contributed by atoms with Gasteiger partial charge >= 0.3 is 0 Å². The van der Waals surface area contributed by atoms with Crippen molar-refractivity contribution in [1.29, 1.82) is 0 Å². The second kappa shape index (κ2) is 6.27. The Labute approximate surface area is 132 Å². The molecule has 0 amide bonds. The number of rotatable bonds is 5. The highest BCUT2D eigenvalue weighted by Crippen LogP contribution is 2.38. The molecule has 0 saturated carbocycles. The lowest BCUT2D eigenvalue weighted by Gasteiger charge is -2.53. The first-order valence-electron chi connectivity index (χ1n) is 7.84. The first kappa shape index (κ1) is 16.8. The second-order valence-electron chi connectivity index (χ2n) is 7.47. The molecule has 3 nitrogen and oxygen atoms in total. The summed E-state index contributed by atoms with van der Waals surface area (Å²) in [7, 11) is 0. The zero-order valence-corrected chi connectivity index (χ0v) is 14.8. The van der Waals surface area contributed by atoms with Gasteiger partial charge in [-0.3, -0.25) is 4.90 Å². The van der Waals surface area contributed by atoms with Crippen molar-refractivity contribution in [3.63, 3.8) is 0 Å². The van der Waals surface area contributed by atoms with Gasteiger partial charge in [-0.2, -0.15) is 0 Å². The molecule has 1 aromatic heterocycles. The Bertz CT molecular complexity index is 451. The average molecular weight is 311 g/mol. The van der Waals surface area contributed by atoms with Crippen molar-refractivity contribution in [2.75, 3.05) is 13.2 Å². The summed E-state index contributed by atoms with van der Waals surface area (Å²) in [4.78, 5) is 2.46. The van der Waals surface area contributed by atoms with Gasteiger partial charge in [0.05, 0.1) is 0 Å². The molecule has 0 aromatic carbocycles. The molecular weight excluding hydrogens is 282 g/mol. The van der Waals surface area contributed by atoms with Crippen LogP contribution in [0.5, 0.6) is 5.75 Å². The van der Waals surface area contributed by atoms with Crippen LogP contribution in [0.25, 0.3) is 0 Å². The molecule has 2 rings (SSSR count). The summed E-state index contributed by atoms with van der Waals surface area (Å²) < 4.78 is 5.75. The van der Waals surface area contributed by atoms with E-state index in [1.54, 1.807) is 11.3 Å². The number of aliphatic hydroxyl groups is 1. The number of aryl methyl sites for hydroxylation is 1. The maximum absolute atomic E-state index is 10.4. The molecule has 1 aromatic rings. The van der Waals surface area contributed by atoms with E-state index in [0.717, 1.165) is 11.3 Å². The van der Waals surface area contributed by atoms with Crippen LogP contribution in [0.2, 0.25) is 0 Å².